The average molecular weight is 255 g/mol. The topological polar surface area (TPSA) is 17.1 Å². The van der Waals surface area contributed by atoms with Gasteiger partial charge in [0, 0.05) is 10.9 Å². The molecule has 0 N–H and O–H groups in total. The Morgan fingerprint density at radius 3 is 3.00 bits per heavy atom. The molecule has 0 radical (unpaired) electrons. The van der Waals surface area contributed by atoms with Crippen molar-refractivity contribution in [2.75, 3.05) is 0 Å². The summed E-state index contributed by atoms with van der Waals surface area (Å²) in [5, 5.41) is 0. The molecule has 2 rings (SSSR count). The molecule has 3 heteroatoms. The van der Waals surface area contributed by atoms with Gasteiger partial charge in [0.15, 0.2) is 0 Å². The normalized spacial score (nSPS) is 14.1. The Hall–Kier alpha value is -0.670. The molecule has 0 fully saturated rings. The van der Waals surface area contributed by atoms with Crippen LogP contribution in [0.25, 0.3) is 6.08 Å². The minimum atomic E-state index is 0.594. The van der Waals surface area contributed by atoms with Gasteiger partial charge in [-0.05, 0) is 23.3 Å². The summed E-state index contributed by atoms with van der Waals surface area (Å²) in [6.45, 7) is 0. The highest BCUT2D eigenvalue weighted by Crippen LogP contribution is 2.22. The zero-order chi connectivity index (χ0) is 9.26. The van der Waals surface area contributed by atoms with Crippen LogP contribution in [0.5, 0.6) is 0 Å². The second-order valence-corrected chi connectivity index (χ2v) is 4.42. The van der Waals surface area contributed by atoms with Crippen LogP contribution in [0.15, 0.2) is 28.7 Å². The van der Waals surface area contributed by atoms with E-state index in [2.05, 4.69) is 22.0 Å². The number of fused-ring (bicyclic) bond motifs is 1. The van der Waals surface area contributed by atoms with Gasteiger partial charge in [0.2, 0.25) is 0 Å². The average Bonchev–Trinajstić information content (AvgIpc) is 2.16. The van der Waals surface area contributed by atoms with Gasteiger partial charge in [-0.3, -0.25) is 0 Å². The molecule has 0 amide bonds. The zero-order valence-corrected chi connectivity index (χ0v) is 9.19. The molecule has 1 aromatic carbocycles. The van der Waals surface area contributed by atoms with Crippen molar-refractivity contribution in [1.29, 1.82) is 0 Å². The Labute approximate surface area is 88.7 Å². The van der Waals surface area contributed by atoms with Gasteiger partial charge in [0.1, 0.15) is 0 Å². The van der Waals surface area contributed by atoms with Crippen LogP contribution in [0.4, 0.5) is 0 Å². The third-order valence-corrected chi connectivity index (χ3v) is 3.10. The van der Waals surface area contributed by atoms with Crippen LogP contribution in [-0.4, -0.2) is 9.07 Å². The third-order valence-electron chi connectivity index (χ3n) is 2.02. The van der Waals surface area contributed by atoms with Crippen molar-refractivity contribution in [3.63, 3.8) is 0 Å². The van der Waals surface area contributed by atoms with Gasteiger partial charge in [-0.1, -0.05) is 34.1 Å². The van der Waals surface area contributed by atoms with Gasteiger partial charge in [-0.25, -0.2) is 4.21 Å². The maximum atomic E-state index is 10.8. The van der Waals surface area contributed by atoms with Gasteiger partial charge >= 0.3 is 0 Å². The molecule has 1 aromatic rings. The number of rotatable bonds is 0. The maximum Gasteiger partial charge on any atom is 0.0930 e. The molecule has 0 saturated heterocycles. The standard InChI is InChI=1S/C10H7BrOS/c11-8-4-5-9-7(6-8)2-1-3-10(9)13-12/h1-2,4-6H,3H2. The monoisotopic (exact) mass is 254 g/mol. The molecule has 13 heavy (non-hydrogen) atoms. The Bertz CT molecular complexity index is 431. The molecular weight excluding hydrogens is 248 g/mol. The van der Waals surface area contributed by atoms with E-state index >= 15 is 0 Å². The van der Waals surface area contributed by atoms with Gasteiger partial charge in [0.05, 0.1) is 16.1 Å². The smallest absolute Gasteiger partial charge is 0.0930 e. The fraction of sp³-hybridized carbons (Fsp3) is 0.100. The summed E-state index contributed by atoms with van der Waals surface area (Å²) >= 11 is 4.00. The van der Waals surface area contributed by atoms with Gasteiger partial charge in [0.25, 0.3) is 0 Å². The first-order chi connectivity index (χ1) is 6.31. The molecule has 0 saturated carbocycles. The van der Waals surface area contributed by atoms with E-state index in [0.29, 0.717) is 11.3 Å². The van der Waals surface area contributed by atoms with E-state index in [4.69, 9.17) is 0 Å². The van der Waals surface area contributed by atoms with Crippen LogP contribution >= 0.6 is 15.9 Å². The van der Waals surface area contributed by atoms with Crippen LogP contribution in [0.3, 0.4) is 0 Å². The first-order valence-electron chi connectivity index (χ1n) is 3.93. The molecule has 0 aromatic heterocycles. The second-order valence-electron chi connectivity index (χ2n) is 2.84. The van der Waals surface area contributed by atoms with Crippen LogP contribution in [0.1, 0.15) is 17.5 Å². The van der Waals surface area contributed by atoms with Crippen molar-refractivity contribution in [3.8, 4) is 0 Å². The van der Waals surface area contributed by atoms with E-state index in [9.17, 15) is 4.21 Å². The first-order valence-corrected chi connectivity index (χ1v) is 5.47. The molecular formula is C10H7BrOS. The Kier molecular flexibility index (Phi) is 2.47. The van der Waals surface area contributed by atoms with E-state index < -0.39 is 0 Å². The highest BCUT2D eigenvalue weighted by atomic mass is 79.9. The van der Waals surface area contributed by atoms with Crippen molar-refractivity contribution in [3.05, 3.63) is 39.9 Å². The van der Waals surface area contributed by atoms with Crippen LogP contribution < -0.4 is 0 Å². The van der Waals surface area contributed by atoms with Crippen LogP contribution in [0, 0.1) is 0 Å². The molecule has 0 aliphatic heterocycles. The van der Waals surface area contributed by atoms with Gasteiger partial charge in [-0.2, -0.15) is 0 Å². The first kappa shape index (κ1) is 8.91. The molecule has 0 spiro atoms. The predicted molar refractivity (Wildman–Crippen MR) is 60.0 cm³/mol. The SMILES string of the molecule is O=S=C1CC=Cc2cc(Br)ccc21. The van der Waals surface area contributed by atoms with Crippen LogP contribution in [0.2, 0.25) is 0 Å². The summed E-state index contributed by atoms with van der Waals surface area (Å²) in [6, 6.07) is 5.98. The lowest BCUT2D eigenvalue weighted by Gasteiger charge is -2.10. The van der Waals surface area contributed by atoms with Crippen molar-refractivity contribution in [2.45, 2.75) is 6.42 Å². The van der Waals surface area contributed by atoms with Crippen molar-refractivity contribution < 1.29 is 4.21 Å². The van der Waals surface area contributed by atoms with Crippen LogP contribution in [-0.2, 0) is 11.3 Å². The fourth-order valence-electron chi connectivity index (χ4n) is 1.41. The highest BCUT2D eigenvalue weighted by molar-refractivity contribution is 9.10. The highest BCUT2D eigenvalue weighted by Gasteiger charge is 2.10. The Morgan fingerprint density at radius 2 is 2.23 bits per heavy atom. The van der Waals surface area contributed by atoms with Crippen molar-refractivity contribution in [1.82, 2.24) is 0 Å². The summed E-state index contributed by atoms with van der Waals surface area (Å²) in [5.74, 6) is 0. The molecule has 0 unspecified atom stereocenters. The number of hydrogen-bond donors (Lipinski definition) is 0. The Morgan fingerprint density at radius 1 is 1.38 bits per heavy atom. The van der Waals surface area contributed by atoms with Gasteiger partial charge < -0.3 is 0 Å². The largest absolute Gasteiger partial charge is 0.212 e. The summed E-state index contributed by atoms with van der Waals surface area (Å²) in [6.07, 6.45) is 4.84. The molecule has 1 aliphatic carbocycles. The number of halogens is 1. The van der Waals surface area contributed by atoms with E-state index in [-0.39, 0.29) is 0 Å². The lowest BCUT2D eigenvalue weighted by molar-refractivity contribution is 0.701. The molecule has 1 nitrogen and oxygen atoms in total. The van der Waals surface area contributed by atoms with Gasteiger partial charge in [-0.15, -0.1) is 0 Å². The van der Waals surface area contributed by atoms with E-state index in [1.165, 1.54) is 0 Å². The predicted octanol–water partition coefficient (Wildman–Crippen LogP) is 2.60. The number of allylic oxidation sites excluding steroid dienone is 1. The molecule has 0 atom stereocenters. The number of benzene rings is 1. The molecule has 1 aliphatic rings. The van der Waals surface area contributed by atoms with Crippen molar-refractivity contribution >= 4 is 38.1 Å². The second kappa shape index (κ2) is 3.60. The fourth-order valence-corrected chi connectivity index (χ4v) is 2.23. The Balaban J connectivity index is 2.67. The maximum absolute atomic E-state index is 10.8. The summed E-state index contributed by atoms with van der Waals surface area (Å²) in [5.41, 5.74) is 2.20. The minimum absolute atomic E-state index is 0.594. The van der Waals surface area contributed by atoms with E-state index in [0.717, 1.165) is 26.9 Å². The van der Waals surface area contributed by atoms with E-state index in [1.54, 1.807) is 0 Å². The summed E-state index contributed by atoms with van der Waals surface area (Å²) < 4.78 is 11.8. The zero-order valence-electron chi connectivity index (χ0n) is 6.79. The molecule has 0 heterocycles. The van der Waals surface area contributed by atoms with E-state index in [1.807, 2.05) is 24.3 Å². The minimum Gasteiger partial charge on any atom is -0.212 e. The van der Waals surface area contributed by atoms with Crippen molar-refractivity contribution in [2.24, 2.45) is 0 Å². The molecule has 0 bridgehead atoms. The summed E-state index contributed by atoms with van der Waals surface area (Å²) in [7, 11) is 0. The lowest BCUT2D eigenvalue weighted by atomic mass is 9.98. The quantitative estimate of drug-likeness (QED) is 0.651. The lowest BCUT2D eigenvalue weighted by Crippen LogP contribution is -2.04. The number of hydrogen-bond acceptors (Lipinski definition) is 1. The third kappa shape index (κ3) is 1.67. The summed E-state index contributed by atoms with van der Waals surface area (Å²) in [4.78, 5) is 0.907. The molecule has 66 valence electrons.